The van der Waals surface area contributed by atoms with Crippen LogP contribution >= 0.6 is 0 Å². The van der Waals surface area contributed by atoms with Crippen molar-refractivity contribution in [1.29, 1.82) is 0 Å². The van der Waals surface area contributed by atoms with Gasteiger partial charge in [-0.15, -0.1) is 0 Å². The second-order valence-corrected chi connectivity index (χ2v) is 5.79. The van der Waals surface area contributed by atoms with Gasteiger partial charge in [0, 0.05) is 6.61 Å². The molecule has 2 aliphatic carbocycles. The Morgan fingerprint density at radius 2 is 1.88 bits per heavy atom. The Hall–Kier alpha value is -0.820. The van der Waals surface area contributed by atoms with Crippen molar-refractivity contribution in [1.82, 2.24) is 0 Å². The van der Waals surface area contributed by atoms with Crippen molar-refractivity contribution < 1.29 is 5.11 Å². The molecule has 2 atom stereocenters. The van der Waals surface area contributed by atoms with E-state index < -0.39 is 0 Å². The van der Waals surface area contributed by atoms with Crippen LogP contribution in [0.25, 0.3) is 0 Å². The zero-order valence-electron chi connectivity index (χ0n) is 10.5. The van der Waals surface area contributed by atoms with E-state index in [0.717, 1.165) is 0 Å². The van der Waals surface area contributed by atoms with Crippen LogP contribution in [0.15, 0.2) is 18.2 Å². The van der Waals surface area contributed by atoms with Gasteiger partial charge in [0.15, 0.2) is 0 Å². The van der Waals surface area contributed by atoms with Crippen LogP contribution in [0.1, 0.15) is 54.7 Å². The van der Waals surface area contributed by atoms with Gasteiger partial charge >= 0.3 is 0 Å². The number of rotatable bonds is 2. The molecule has 1 saturated carbocycles. The minimum Gasteiger partial charge on any atom is -0.396 e. The predicted octanol–water partition coefficient (Wildman–Crippen LogP) is 3.44. The lowest BCUT2D eigenvalue weighted by Crippen LogP contribution is -2.05. The molecular formula is C16H22O. The Labute approximate surface area is 104 Å². The second kappa shape index (κ2) is 4.81. The molecule has 2 unspecified atom stereocenters. The lowest BCUT2D eigenvalue weighted by atomic mass is 9.87. The second-order valence-electron chi connectivity index (χ2n) is 5.79. The molecular weight excluding hydrogens is 208 g/mol. The third-order valence-electron chi connectivity index (χ3n) is 4.64. The van der Waals surface area contributed by atoms with Gasteiger partial charge in [0.1, 0.15) is 0 Å². The molecule has 92 valence electrons. The maximum Gasteiger partial charge on any atom is 0.0459 e. The van der Waals surface area contributed by atoms with Gasteiger partial charge in [-0.2, -0.15) is 0 Å². The van der Waals surface area contributed by atoms with Crippen LogP contribution in [0.2, 0.25) is 0 Å². The van der Waals surface area contributed by atoms with Crippen LogP contribution in [0.3, 0.4) is 0 Å². The molecule has 1 N–H and O–H groups in total. The smallest absolute Gasteiger partial charge is 0.0459 e. The molecule has 0 amide bonds. The van der Waals surface area contributed by atoms with Gasteiger partial charge in [0.25, 0.3) is 0 Å². The van der Waals surface area contributed by atoms with Crippen LogP contribution < -0.4 is 0 Å². The van der Waals surface area contributed by atoms with Gasteiger partial charge in [-0.3, -0.25) is 0 Å². The highest BCUT2D eigenvalue weighted by Crippen LogP contribution is 2.39. The molecule has 0 bridgehead atoms. The summed E-state index contributed by atoms with van der Waals surface area (Å²) in [5.41, 5.74) is 4.71. The molecule has 0 radical (unpaired) electrons. The van der Waals surface area contributed by atoms with Crippen molar-refractivity contribution in [3.63, 3.8) is 0 Å². The molecule has 0 heterocycles. The predicted molar refractivity (Wildman–Crippen MR) is 70.3 cm³/mol. The summed E-state index contributed by atoms with van der Waals surface area (Å²) in [5.74, 6) is 1.26. The van der Waals surface area contributed by atoms with E-state index in [1.54, 1.807) is 11.1 Å². The average Bonchev–Trinajstić information content (AvgIpc) is 2.87. The molecule has 0 spiro atoms. The molecule has 17 heavy (non-hydrogen) atoms. The van der Waals surface area contributed by atoms with Crippen LogP contribution in [0.5, 0.6) is 0 Å². The van der Waals surface area contributed by atoms with Gasteiger partial charge in [0.2, 0.25) is 0 Å². The average molecular weight is 230 g/mol. The molecule has 2 aliphatic rings. The maximum absolute atomic E-state index is 9.22. The van der Waals surface area contributed by atoms with Gasteiger partial charge < -0.3 is 5.11 Å². The SMILES string of the molecule is OCC1CCC(c2ccc3c(c2)CCCC3)C1. The number of hydrogen-bond donors (Lipinski definition) is 1. The zero-order chi connectivity index (χ0) is 11.7. The summed E-state index contributed by atoms with van der Waals surface area (Å²) >= 11 is 0. The number of aliphatic hydroxyl groups is 1. The molecule has 3 rings (SSSR count). The summed E-state index contributed by atoms with van der Waals surface area (Å²) in [4.78, 5) is 0. The normalized spacial score (nSPS) is 28.1. The van der Waals surface area contributed by atoms with E-state index in [9.17, 15) is 5.11 Å². The zero-order valence-corrected chi connectivity index (χ0v) is 10.5. The standard InChI is InChI=1S/C16H22O/c17-11-12-5-6-15(9-12)16-8-7-13-3-1-2-4-14(13)10-16/h7-8,10,12,15,17H,1-6,9,11H2. The fraction of sp³-hybridized carbons (Fsp3) is 0.625. The van der Waals surface area contributed by atoms with E-state index in [1.807, 2.05) is 0 Å². The number of aryl methyl sites for hydroxylation is 2. The third-order valence-corrected chi connectivity index (χ3v) is 4.64. The Morgan fingerprint density at radius 1 is 1.06 bits per heavy atom. The van der Waals surface area contributed by atoms with E-state index in [2.05, 4.69) is 18.2 Å². The first-order valence-electron chi connectivity index (χ1n) is 7.09. The fourth-order valence-electron chi connectivity index (χ4n) is 3.55. The molecule has 1 aromatic rings. The molecule has 0 saturated heterocycles. The molecule has 0 aromatic heterocycles. The molecule has 1 nitrogen and oxygen atoms in total. The van der Waals surface area contributed by atoms with Crippen molar-refractivity contribution >= 4 is 0 Å². The summed E-state index contributed by atoms with van der Waals surface area (Å²) in [5, 5.41) is 9.22. The fourth-order valence-corrected chi connectivity index (χ4v) is 3.55. The summed E-state index contributed by atoms with van der Waals surface area (Å²) < 4.78 is 0. The Balaban J connectivity index is 1.79. The van der Waals surface area contributed by atoms with Gasteiger partial charge in [-0.1, -0.05) is 18.2 Å². The van der Waals surface area contributed by atoms with Gasteiger partial charge in [0.05, 0.1) is 0 Å². The van der Waals surface area contributed by atoms with Crippen LogP contribution in [-0.4, -0.2) is 11.7 Å². The van der Waals surface area contributed by atoms with E-state index in [-0.39, 0.29) is 0 Å². The number of fused-ring (bicyclic) bond motifs is 1. The summed E-state index contributed by atoms with van der Waals surface area (Å²) in [7, 11) is 0. The van der Waals surface area contributed by atoms with Crippen LogP contribution in [0.4, 0.5) is 0 Å². The summed E-state index contributed by atoms with van der Waals surface area (Å²) in [6, 6.07) is 7.16. The lowest BCUT2D eigenvalue weighted by Gasteiger charge is -2.19. The van der Waals surface area contributed by atoms with E-state index in [1.165, 1.54) is 50.5 Å². The maximum atomic E-state index is 9.22. The van der Waals surface area contributed by atoms with Crippen LogP contribution in [0, 0.1) is 5.92 Å². The van der Waals surface area contributed by atoms with Crippen molar-refractivity contribution in [2.24, 2.45) is 5.92 Å². The number of benzene rings is 1. The first-order valence-corrected chi connectivity index (χ1v) is 7.09. The highest BCUT2D eigenvalue weighted by molar-refractivity contribution is 5.35. The van der Waals surface area contributed by atoms with Crippen molar-refractivity contribution in [2.75, 3.05) is 6.61 Å². The number of hydrogen-bond acceptors (Lipinski definition) is 1. The minimum atomic E-state index is 0.376. The van der Waals surface area contributed by atoms with Gasteiger partial charge in [-0.05, 0) is 73.5 Å². The highest BCUT2D eigenvalue weighted by Gasteiger charge is 2.25. The van der Waals surface area contributed by atoms with Gasteiger partial charge in [-0.25, -0.2) is 0 Å². The molecule has 0 aliphatic heterocycles. The van der Waals surface area contributed by atoms with Crippen molar-refractivity contribution in [3.05, 3.63) is 34.9 Å². The summed E-state index contributed by atoms with van der Waals surface area (Å²) in [6.07, 6.45) is 8.94. The third kappa shape index (κ3) is 2.26. The minimum absolute atomic E-state index is 0.376. The van der Waals surface area contributed by atoms with Crippen molar-refractivity contribution in [2.45, 2.75) is 50.9 Å². The first kappa shape index (κ1) is 11.3. The Kier molecular flexibility index (Phi) is 3.19. The quantitative estimate of drug-likeness (QED) is 0.825. The Bertz CT molecular complexity index is 397. The highest BCUT2D eigenvalue weighted by atomic mass is 16.3. The van der Waals surface area contributed by atoms with E-state index in [4.69, 9.17) is 0 Å². The summed E-state index contributed by atoms with van der Waals surface area (Å²) in [6.45, 7) is 0.376. The Morgan fingerprint density at radius 3 is 2.65 bits per heavy atom. The van der Waals surface area contributed by atoms with Crippen molar-refractivity contribution in [3.8, 4) is 0 Å². The molecule has 1 heteroatoms. The molecule has 1 aromatic carbocycles. The monoisotopic (exact) mass is 230 g/mol. The van der Waals surface area contributed by atoms with E-state index in [0.29, 0.717) is 18.4 Å². The van der Waals surface area contributed by atoms with Crippen LogP contribution in [-0.2, 0) is 12.8 Å². The first-order chi connectivity index (χ1) is 8.36. The van der Waals surface area contributed by atoms with E-state index >= 15 is 0 Å². The largest absolute Gasteiger partial charge is 0.396 e. The topological polar surface area (TPSA) is 20.2 Å². The number of aliphatic hydroxyl groups excluding tert-OH is 1. The molecule has 1 fully saturated rings. The lowest BCUT2D eigenvalue weighted by molar-refractivity contribution is 0.229.